The summed E-state index contributed by atoms with van der Waals surface area (Å²) in [6.45, 7) is 1.06. The maximum Gasteiger partial charge on any atom is 0.0467 e. The number of halogens is 2. The summed E-state index contributed by atoms with van der Waals surface area (Å²) in [4.78, 5) is 4.73. The van der Waals surface area contributed by atoms with Gasteiger partial charge in [0.05, 0.1) is 0 Å². The zero-order valence-electron chi connectivity index (χ0n) is 11.9. The summed E-state index contributed by atoms with van der Waals surface area (Å²) in [7, 11) is 6.55. The Hall–Kier alpha value is -0.250. The van der Waals surface area contributed by atoms with Gasteiger partial charge in [0.25, 0.3) is 0 Å². The minimum Gasteiger partial charge on any atom is -0.372 e. The molecule has 0 unspecified atom stereocenters. The summed E-state index contributed by atoms with van der Waals surface area (Å²) in [6, 6.07) is 6.15. The molecular formula is C15H22BrClN2. The topological polar surface area (TPSA) is 6.48 Å². The predicted octanol–water partition coefficient (Wildman–Crippen LogP) is 4.16. The molecule has 0 amide bonds. The van der Waals surface area contributed by atoms with Crippen molar-refractivity contribution in [1.82, 2.24) is 4.90 Å². The summed E-state index contributed by atoms with van der Waals surface area (Å²) in [5.41, 5.74) is 2.75. The van der Waals surface area contributed by atoms with Crippen molar-refractivity contribution in [1.29, 1.82) is 0 Å². The number of nitrogens with zero attached hydrogens (tertiary/aromatic N) is 2. The predicted molar refractivity (Wildman–Crippen MR) is 87.6 cm³/mol. The normalized spacial score (nSPS) is 17.4. The van der Waals surface area contributed by atoms with Crippen LogP contribution in [-0.2, 0) is 5.33 Å². The molecule has 1 aromatic rings. The molecule has 1 aromatic carbocycles. The molecule has 0 saturated heterocycles. The number of hydrogen-bond donors (Lipinski definition) is 0. The molecule has 0 heterocycles. The van der Waals surface area contributed by atoms with Gasteiger partial charge in [-0.25, -0.2) is 0 Å². The Balaban J connectivity index is 2.20. The maximum absolute atomic E-state index is 6.29. The first-order valence-corrected chi connectivity index (χ1v) is 8.22. The molecule has 1 aliphatic carbocycles. The first-order chi connectivity index (χ1) is 9.00. The van der Waals surface area contributed by atoms with E-state index < -0.39 is 0 Å². The minimum absolute atomic E-state index is 0.334. The van der Waals surface area contributed by atoms with Crippen LogP contribution in [-0.4, -0.2) is 38.1 Å². The third-order valence-corrected chi connectivity index (χ3v) is 5.32. The summed E-state index contributed by atoms with van der Waals surface area (Å²) < 4.78 is 0. The fourth-order valence-electron chi connectivity index (χ4n) is 2.90. The van der Waals surface area contributed by atoms with Crippen LogP contribution in [0.25, 0.3) is 0 Å². The Morgan fingerprint density at radius 1 is 1.26 bits per heavy atom. The van der Waals surface area contributed by atoms with Gasteiger partial charge in [0, 0.05) is 40.7 Å². The summed E-state index contributed by atoms with van der Waals surface area (Å²) in [6.07, 6.45) is 3.91. The minimum atomic E-state index is 0.334. The third-order valence-electron chi connectivity index (χ3n) is 4.40. The van der Waals surface area contributed by atoms with Crippen LogP contribution in [0.5, 0.6) is 0 Å². The number of benzene rings is 1. The molecule has 0 bridgehead atoms. The monoisotopic (exact) mass is 344 g/mol. The van der Waals surface area contributed by atoms with E-state index >= 15 is 0 Å². The van der Waals surface area contributed by atoms with Gasteiger partial charge >= 0.3 is 0 Å². The number of rotatable bonds is 5. The Labute approximate surface area is 129 Å². The van der Waals surface area contributed by atoms with E-state index in [-0.39, 0.29) is 0 Å². The van der Waals surface area contributed by atoms with Gasteiger partial charge in [-0.3, -0.25) is 0 Å². The summed E-state index contributed by atoms with van der Waals surface area (Å²) in [5.74, 6) is 0. The van der Waals surface area contributed by atoms with Crippen LogP contribution >= 0.6 is 27.5 Å². The zero-order chi connectivity index (χ0) is 14.0. The molecule has 4 heteroatoms. The summed E-state index contributed by atoms with van der Waals surface area (Å²) >= 11 is 9.83. The van der Waals surface area contributed by atoms with Crippen molar-refractivity contribution in [3.63, 3.8) is 0 Å². The molecule has 0 radical (unpaired) electrons. The van der Waals surface area contributed by atoms with E-state index in [1.165, 1.54) is 30.5 Å². The maximum atomic E-state index is 6.29. The van der Waals surface area contributed by atoms with Gasteiger partial charge in [-0.1, -0.05) is 33.6 Å². The SMILES string of the molecule is CN(CC1(N(C)C)CCC1)c1cccc(Cl)c1CBr. The van der Waals surface area contributed by atoms with Gasteiger partial charge in [-0.05, 0) is 45.5 Å². The Morgan fingerprint density at radius 2 is 1.95 bits per heavy atom. The van der Waals surface area contributed by atoms with Crippen molar-refractivity contribution < 1.29 is 0 Å². The van der Waals surface area contributed by atoms with E-state index in [1.807, 2.05) is 12.1 Å². The largest absolute Gasteiger partial charge is 0.372 e. The fraction of sp³-hybridized carbons (Fsp3) is 0.600. The molecule has 0 spiro atoms. The standard InChI is InChI=1S/C15H22BrClN2/c1-18(2)15(8-5-9-15)11-19(3)14-7-4-6-13(17)12(14)10-16/h4,6-7H,5,8-11H2,1-3H3. The van der Waals surface area contributed by atoms with Crippen LogP contribution in [0.1, 0.15) is 24.8 Å². The summed E-state index contributed by atoms with van der Waals surface area (Å²) in [5, 5.41) is 1.63. The van der Waals surface area contributed by atoms with Crippen LogP contribution in [0.4, 0.5) is 5.69 Å². The molecule has 1 aliphatic rings. The molecule has 0 aromatic heterocycles. The molecule has 19 heavy (non-hydrogen) atoms. The average molecular weight is 346 g/mol. The van der Waals surface area contributed by atoms with Gasteiger partial charge < -0.3 is 9.80 Å². The molecule has 0 atom stereocenters. The fourth-order valence-corrected chi connectivity index (χ4v) is 3.88. The number of alkyl halides is 1. The lowest BCUT2D eigenvalue weighted by Crippen LogP contribution is -2.56. The van der Waals surface area contributed by atoms with Crippen molar-refractivity contribution in [3.8, 4) is 0 Å². The van der Waals surface area contributed by atoms with Crippen LogP contribution < -0.4 is 4.90 Å². The van der Waals surface area contributed by atoms with Gasteiger partial charge in [0.15, 0.2) is 0 Å². The molecule has 1 saturated carbocycles. The zero-order valence-corrected chi connectivity index (χ0v) is 14.3. The van der Waals surface area contributed by atoms with Gasteiger partial charge in [-0.15, -0.1) is 0 Å². The second kappa shape index (κ2) is 6.02. The Bertz CT molecular complexity index is 444. The van der Waals surface area contributed by atoms with Crippen LogP contribution in [0.3, 0.4) is 0 Å². The van der Waals surface area contributed by atoms with Crippen molar-refractivity contribution in [2.75, 3.05) is 32.6 Å². The second-order valence-corrected chi connectivity index (χ2v) is 6.67. The van der Waals surface area contributed by atoms with E-state index in [2.05, 4.69) is 52.9 Å². The van der Waals surface area contributed by atoms with Crippen LogP contribution in [0.2, 0.25) is 5.02 Å². The van der Waals surface area contributed by atoms with Crippen LogP contribution in [0.15, 0.2) is 18.2 Å². The lowest BCUT2D eigenvalue weighted by Gasteiger charge is -2.49. The van der Waals surface area contributed by atoms with E-state index in [9.17, 15) is 0 Å². The van der Waals surface area contributed by atoms with Gasteiger partial charge in [0.1, 0.15) is 0 Å². The van der Waals surface area contributed by atoms with Crippen molar-refractivity contribution in [3.05, 3.63) is 28.8 Å². The second-order valence-electron chi connectivity index (χ2n) is 5.70. The first kappa shape index (κ1) is 15.1. The quantitative estimate of drug-likeness (QED) is 0.740. The average Bonchev–Trinajstić information content (AvgIpc) is 2.32. The molecule has 106 valence electrons. The highest BCUT2D eigenvalue weighted by Crippen LogP contribution is 2.38. The molecule has 1 fully saturated rings. The molecular weight excluding hydrogens is 324 g/mol. The van der Waals surface area contributed by atoms with E-state index in [1.54, 1.807) is 0 Å². The number of likely N-dealkylation sites (N-methyl/N-ethyl adjacent to an activating group) is 2. The lowest BCUT2D eigenvalue weighted by molar-refractivity contribution is 0.0683. The third kappa shape index (κ3) is 2.93. The van der Waals surface area contributed by atoms with Gasteiger partial charge in [0.2, 0.25) is 0 Å². The highest BCUT2D eigenvalue weighted by molar-refractivity contribution is 9.08. The van der Waals surface area contributed by atoms with Gasteiger partial charge in [-0.2, -0.15) is 0 Å². The highest BCUT2D eigenvalue weighted by Gasteiger charge is 2.40. The Kier molecular flexibility index (Phi) is 4.80. The lowest BCUT2D eigenvalue weighted by atomic mass is 9.75. The van der Waals surface area contributed by atoms with Crippen molar-refractivity contribution in [2.45, 2.75) is 30.1 Å². The molecule has 2 nitrogen and oxygen atoms in total. The first-order valence-electron chi connectivity index (χ1n) is 6.72. The number of hydrogen-bond acceptors (Lipinski definition) is 2. The van der Waals surface area contributed by atoms with E-state index in [0.29, 0.717) is 5.54 Å². The van der Waals surface area contributed by atoms with E-state index in [4.69, 9.17) is 11.6 Å². The van der Waals surface area contributed by atoms with E-state index in [0.717, 1.165) is 16.9 Å². The smallest absolute Gasteiger partial charge is 0.0467 e. The number of anilines is 1. The molecule has 0 N–H and O–H groups in total. The Morgan fingerprint density at radius 3 is 2.42 bits per heavy atom. The molecule has 2 rings (SSSR count). The van der Waals surface area contributed by atoms with Crippen molar-refractivity contribution in [2.24, 2.45) is 0 Å². The van der Waals surface area contributed by atoms with Crippen molar-refractivity contribution >= 4 is 33.2 Å². The van der Waals surface area contributed by atoms with Crippen LogP contribution in [0, 0.1) is 0 Å². The molecule has 0 aliphatic heterocycles. The highest BCUT2D eigenvalue weighted by atomic mass is 79.9.